The lowest BCUT2D eigenvalue weighted by molar-refractivity contribution is -0.107. The highest BCUT2D eigenvalue weighted by Gasteiger charge is 2.43. The summed E-state index contributed by atoms with van der Waals surface area (Å²) < 4.78 is 6.05. The maximum absolute atomic E-state index is 10.0. The van der Waals surface area contributed by atoms with Gasteiger partial charge in [0.2, 0.25) is 0 Å². The fraction of sp³-hybridized carbons (Fsp3) is 0.478. The van der Waals surface area contributed by atoms with Crippen LogP contribution in [-0.2, 0) is 4.74 Å². The van der Waals surface area contributed by atoms with E-state index in [-0.39, 0.29) is 24.0 Å². The van der Waals surface area contributed by atoms with Crippen molar-refractivity contribution in [2.45, 2.75) is 39.7 Å². The molecule has 0 aliphatic heterocycles. The summed E-state index contributed by atoms with van der Waals surface area (Å²) in [6.45, 7) is 7.45. The molecule has 2 nitrogen and oxygen atoms in total. The minimum atomic E-state index is 0.113. The van der Waals surface area contributed by atoms with Gasteiger partial charge in [0.1, 0.15) is 0 Å². The van der Waals surface area contributed by atoms with Gasteiger partial charge < -0.3 is 9.84 Å². The van der Waals surface area contributed by atoms with Gasteiger partial charge in [-0.25, -0.2) is 0 Å². The lowest BCUT2D eigenvalue weighted by Gasteiger charge is -2.46. The van der Waals surface area contributed by atoms with E-state index >= 15 is 0 Å². The third-order valence-electron chi connectivity index (χ3n) is 5.70. The van der Waals surface area contributed by atoms with Gasteiger partial charge in [-0.15, -0.1) is 0 Å². The van der Waals surface area contributed by atoms with Crippen LogP contribution < -0.4 is 0 Å². The fourth-order valence-electron chi connectivity index (χ4n) is 4.24. The number of ether oxygens (including phenoxy) is 1. The Balaban J connectivity index is 1.81. The van der Waals surface area contributed by atoms with Gasteiger partial charge in [0, 0.05) is 19.1 Å². The zero-order valence-corrected chi connectivity index (χ0v) is 15.6. The quantitative estimate of drug-likeness (QED) is 0.801. The average Bonchev–Trinajstić information content (AvgIpc) is 2.62. The summed E-state index contributed by atoms with van der Waals surface area (Å²) in [5, 5.41) is 12.5. The predicted molar refractivity (Wildman–Crippen MR) is 105 cm³/mol. The van der Waals surface area contributed by atoms with Gasteiger partial charge in [-0.1, -0.05) is 62.4 Å². The van der Waals surface area contributed by atoms with E-state index < -0.39 is 0 Å². The van der Waals surface area contributed by atoms with Gasteiger partial charge in [0.25, 0.3) is 0 Å². The van der Waals surface area contributed by atoms with Crippen LogP contribution in [0.3, 0.4) is 0 Å². The number of benzene rings is 2. The zero-order valence-electron chi connectivity index (χ0n) is 15.6. The average molecular weight is 338 g/mol. The first-order valence-corrected chi connectivity index (χ1v) is 9.44. The van der Waals surface area contributed by atoms with Crippen molar-refractivity contribution in [3.05, 3.63) is 54.1 Å². The Hall–Kier alpha value is -1.64. The molecule has 1 aliphatic rings. The third kappa shape index (κ3) is 3.96. The second-order valence-electron chi connectivity index (χ2n) is 7.88. The van der Waals surface area contributed by atoms with Gasteiger partial charge in [0.05, 0.1) is 6.10 Å². The maximum atomic E-state index is 10.0. The molecule has 0 saturated heterocycles. The van der Waals surface area contributed by atoms with Gasteiger partial charge in [0.15, 0.2) is 0 Å². The van der Waals surface area contributed by atoms with Gasteiger partial charge in [-0.05, 0) is 53.5 Å². The summed E-state index contributed by atoms with van der Waals surface area (Å²) >= 11 is 0. The fourth-order valence-corrected chi connectivity index (χ4v) is 4.24. The van der Waals surface area contributed by atoms with Crippen molar-refractivity contribution < 1.29 is 9.84 Å². The molecule has 2 aromatic carbocycles. The first kappa shape index (κ1) is 18.2. The highest BCUT2D eigenvalue weighted by atomic mass is 16.5. The lowest BCUT2D eigenvalue weighted by Crippen LogP contribution is -2.47. The van der Waals surface area contributed by atoms with Crippen LogP contribution in [0.1, 0.15) is 39.2 Å². The van der Waals surface area contributed by atoms with E-state index in [2.05, 4.69) is 68.5 Å². The number of hydrogen-bond acceptors (Lipinski definition) is 2. The van der Waals surface area contributed by atoms with Crippen molar-refractivity contribution >= 4 is 16.8 Å². The Morgan fingerprint density at radius 1 is 1.16 bits per heavy atom. The number of hydrogen-bond donors (Lipinski definition) is 1. The molecule has 0 radical (unpaired) electrons. The molecule has 1 saturated carbocycles. The topological polar surface area (TPSA) is 29.5 Å². The van der Waals surface area contributed by atoms with Crippen LogP contribution in [-0.4, -0.2) is 24.4 Å². The molecule has 2 aromatic rings. The molecule has 0 unspecified atom stereocenters. The number of fused-ring (bicyclic) bond motifs is 1. The summed E-state index contributed by atoms with van der Waals surface area (Å²) in [4.78, 5) is 0. The van der Waals surface area contributed by atoms with E-state index in [9.17, 15) is 5.11 Å². The van der Waals surface area contributed by atoms with E-state index in [1.807, 2.05) is 6.92 Å². The Morgan fingerprint density at radius 2 is 1.92 bits per heavy atom. The minimum Gasteiger partial charge on any atom is -0.396 e. The SMILES string of the molecule is CCO[C@@H]1[C@@H](CO)[C@H](C=Cc2ccc3ccccc3c2)CCC1(C)C. The summed E-state index contributed by atoms with van der Waals surface area (Å²) in [6.07, 6.45) is 6.84. The monoisotopic (exact) mass is 338 g/mol. The van der Waals surface area contributed by atoms with Crippen LogP contribution in [0.4, 0.5) is 0 Å². The molecule has 3 rings (SSSR count). The van der Waals surface area contributed by atoms with Crippen molar-refractivity contribution in [3.8, 4) is 0 Å². The molecule has 1 fully saturated rings. The van der Waals surface area contributed by atoms with Gasteiger partial charge in [-0.2, -0.15) is 0 Å². The molecule has 25 heavy (non-hydrogen) atoms. The highest BCUT2D eigenvalue weighted by molar-refractivity contribution is 5.84. The van der Waals surface area contributed by atoms with Crippen LogP contribution in [0.5, 0.6) is 0 Å². The van der Waals surface area contributed by atoms with Crippen molar-refractivity contribution in [2.75, 3.05) is 13.2 Å². The summed E-state index contributed by atoms with van der Waals surface area (Å²) in [7, 11) is 0. The number of allylic oxidation sites excluding steroid dienone is 1. The van der Waals surface area contributed by atoms with Crippen LogP contribution >= 0.6 is 0 Å². The van der Waals surface area contributed by atoms with Crippen LogP contribution in [0.15, 0.2) is 48.5 Å². The lowest BCUT2D eigenvalue weighted by atomic mass is 9.65. The molecular weight excluding hydrogens is 308 g/mol. The minimum absolute atomic E-state index is 0.113. The van der Waals surface area contributed by atoms with Crippen molar-refractivity contribution in [3.63, 3.8) is 0 Å². The standard InChI is InChI=1S/C23H30O2/c1-4-25-22-21(16-24)19(13-14-23(22,2)3)12-10-17-9-11-18-7-5-6-8-20(18)15-17/h5-12,15,19,21-22,24H,4,13-14,16H2,1-3H3/t19-,21+,22-/m1/s1. The molecule has 1 N–H and O–H groups in total. The normalized spacial score (nSPS) is 26.3. The zero-order chi connectivity index (χ0) is 17.9. The maximum Gasteiger partial charge on any atom is 0.0681 e. The van der Waals surface area contributed by atoms with Crippen molar-refractivity contribution in [2.24, 2.45) is 17.3 Å². The first-order chi connectivity index (χ1) is 12.0. The first-order valence-electron chi connectivity index (χ1n) is 9.44. The van der Waals surface area contributed by atoms with Crippen LogP contribution in [0, 0.1) is 17.3 Å². The number of aliphatic hydroxyl groups excluding tert-OH is 1. The Kier molecular flexibility index (Phi) is 5.61. The molecule has 0 spiro atoms. The third-order valence-corrected chi connectivity index (χ3v) is 5.70. The summed E-state index contributed by atoms with van der Waals surface area (Å²) in [6, 6.07) is 15.0. The molecule has 0 heterocycles. The van der Waals surface area contributed by atoms with Gasteiger partial charge >= 0.3 is 0 Å². The van der Waals surface area contributed by atoms with Crippen molar-refractivity contribution in [1.29, 1.82) is 0 Å². The van der Waals surface area contributed by atoms with Crippen molar-refractivity contribution in [1.82, 2.24) is 0 Å². The second kappa shape index (κ2) is 7.72. The Bertz CT molecular complexity index is 732. The van der Waals surface area contributed by atoms with Crippen LogP contribution in [0.25, 0.3) is 16.8 Å². The van der Waals surface area contributed by atoms with E-state index in [1.54, 1.807) is 0 Å². The van der Waals surface area contributed by atoms with E-state index in [0.717, 1.165) is 12.8 Å². The molecule has 3 atom stereocenters. The molecule has 1 aliphatic carbocycles. The van der Waals surface area contributed by atoms with E-state index in [4.69, 9.17) is 4.74 Å². The van der Waals surface area contributed by atoms with Crippen LogP contribution in [0.2, 0.25) is 0 Å². The summed E-state index contributed by atoms with van der Waals surface area (Å²) in [5.41, 5.74) is 1.34. The molecule has 0 aromatic heterocycles. The molecule has 134 valence electrons. The van der Waals surface area contributed by atoms with E-state index in [0.29, 0.717) is 12.5 Å². The molecular formula is C23H30O2. The molecule has 0 bridgehead atoms. The van der Waals surface area contributed by atoms with E-state index in [1.165, 1.54) is 16.3 Å². The van der Waals surface area contributed by atoms with Gasteiger partial charge in [-0.3, -0.25) is 0 Å². The Labute approximate surface area is 151 Å². The predicted octanol–water partition coefficient (Wildman–Crippen LogP) is 5.30. The number of rotatable bonds is 5. The summed E-state index contributed by atoms with van der Waals surface area (Å²) in [5.74, 6) is 0.529. The smallest absolute Gasteiger partial charge is 0.0681 e. The second-order valence-corrected chi connectivity index (χ2v) is 7.88. The number of aliphatic hydroxyl groups is 1. The largest absolute Gasteiger partial charge is 0.396 e. The molecule has 2 heteroatoms. The molecule has 0 amide bonds. The highest BCUT2D eigenvalue weighted by Crippen LogP contribution is 2.44. The Morgan fingerprint density at radius 3 is 2.64 bits per heavy atom.